The van der Waals surface area contributed by atoms with Crippen LogP contribution in [0, 0.1) is 5.92 Å². The van der Waals surface area contributed by atoms with E-state index in [0.717, 1.165) is 25.5 Å². The number of hydrogen-bond donors (Lipinski definition) is 0. The second-order valence-corrected chi connectivity index (χ2v) is 18.8. The molecule has 342 valence electrons. The molecule has 2 atom stereocenters. The number of esters is 1. The number of hydrogen-bond acceptors (Lipinski definition) is 15. The van der Waals surface area contributed by atoms with Gasteiger partial charge in [0.1, 0.15) is 0 Å². The number of allylic oxidation sites excluding steroid dienone is 1. The lowest BCUT2D eigenvalue weighted by Crippen LogP contribution is -2.58. The number of rotatable bonds is 35. The van der Waals surface area contributed by atoms with Gasteiger partial charge in [-0.2, -0.15) is 0 Å². The topological polar surface area (TPSA) is 146 Å². The quantitative estimate of drug-likeness (QED) is 0.0150. The Morgan fingerprint density at radius 3 is 1.67 bits per heavy atom. The Morgan fingerprint density at radius 1 is 0.719 bits per heavy atom. The van der Waals surface area contributed by atoms with Crippen molar-refractivity contribution >= 4 is 23.6 Å². The zero-order valence-electron chi connectivity index (χ0n) is 38.5. The highest BCUT2D eigenvalue weighted by molar-refractivity contribution is 6.66. The van der Waals surface area contributed by atoms with Crippen molar-refractivity contribution in [2.24, 2.45) is 5.92 Å². The van der Waals surface area contributed by atoms with Gasteiger partial charge in [0.25, 0.3) is 0 Å². The van der Waals surface area contributed by atoms with Crippen LogP contribution in [-0.4, -0.2) is 132 Å². The van der Waals surface area contributed by atoms with Gasteiger partial charge in [0, 0.05) is 88.7 Å². The fourth-order valence-corrected chi connectivity index (χ4v) is 9.51. The van der Waals surface area contributed by atoms with Crippen molar-refractivity contribution in [2.75, 3.05) is 89.9 Å². The lowest BCUT2D eigenvalue weighted by molar-refractivity contribution is -0.416. The molecule has 0 spiro atoms. The van der Waals surface area contributed by atoms with Crippen LogP contribution >= 0.6 is 0 Å². The minimum atomic E-state index is -2.73. The highest BCUT2D eigenvalue weighted by Crippen LogP contribution is 2.33. The standard InChI is InChI=1S/C21H42O3.C15H30O8Si.C4H12O4Si/c1-6-10-11-12-13-14-16-20(17-15-19-22-18-7-2)21(5,23-8-3)24-9-4;1-8-13(16)21-11-10-12-24(7,22-9-2)23-15(19-5,20-6)14(17-3)18-4;1-5-9(6-2,7-3)8-4/h7,18,20H,6,8-17,19H2,1-5H3;8,14H,1,9-12H2,2-7H3;1-4H3. The van der Waals surface area contributed by atoms with Crippen LogP contribution in [0.3, 0.4) is 0 Å². The van der Waals surface area contributed by atoms with Crippen LogP contribution in [-0.2, 0) is 69.2 Å². The zero-order chi connectivity index (χ0) is 44.1. The van der Waals surface area contributed by atoms with Crippen LogP contribution in [0.2, 0.25) is 12.6 Å². The average Bonchev–Trinajstić information content (AvgIpc) is 3.21. The van der Waals surface area contributed by atoms with E-state index in [1.165, 1.54) is 102 Å². The van der Waals surface area contributed by atoms with Gasteiger partial charge in [0.15, 0.2) is 5.79 Å². The number of carbonyl (C=O) groups excluding carboxylic acids is 1. The summed E-state index contributed by atoms with van der Waals surface area (Å²) in [7, 11) is 6.31. The number of ether oxygens (including phenoxy) is 8. The van der Waals surface area contributed by atoms with Crippen LogP contribution in [0.1, 0.15) is 106 Å². The summed E-state index contributed by atoms with van der Waals surface area (Å²) in [5, 5.41) is 0. The van der Waals surface area contributed by atoms with Gasteiger partial charge in [0.05, 0.1) is 19.5 Å². The van der Waals surface area contributed by atoms with E-state index < -0.39 is 41.6 Å². The molecule has 15 nitrogen and oxygen atoms in total. The maximum atomic E-state index is 11.1. The molecule has 0 saturated carbocycles. The minimum absolute atomic E-state index is 0.245. The van der Waals surface area contributed by atoms with E-state index in [4.69, 9.17) is 64.5 Å². The monoisotopic (exact) mass is 861 g/mol. The molecule has 0 aliphatic rings. The molecule has 0 aromatic rings. The van der Waals surface area contributed by atoms with Crippen LogP contribution in [0.25, 0.3) is 0 Å². The second-order valence-electron chi connectivity index (χ2n) is 12.9. The third-order valence-corrected chi connectivity index (χ3v) is 13.7. The van der Waals surface area contributed by atoms with Gasteiger partial charge in [-0.25, -0.2) is 4.79 Å². The number of unbranched alkanes of at least 4 members (excludes halogenated alkanes) is 5. The largest absolute Gasteiger partial charge is 0.678 e. The first kappa shape index (κ1) is 60.0. The van der Waals surface area contributed by atoms with Crippen molar-refractivity contribution in [1.82, 2.24) is 0 Å². The van der Waals surface area contributed by atoms with Gasteiger partial charge in [-0.05, 0) is 72.9 Å². The van der Waals surface area contributed by atoms with Gasteiger partial charge < -0.3 is 64.5 Å². The molecule has 0 bridgehead atoms. The summed E-state index contributed by atoms with van der Waals surface area (Å²) in [6.45, 7) is 20.4. The van der Waals surface area contributed by atoms with E-state index in [1.807, 2.05) is 40.3 Å². The van der Waals surface area contributed by atoms with Crippen LogP contribution < -0.4 is 0 Å². The van der Waals surface area contributed by atoms with E-state index in [-0.39, 0.29) is 6.61 Å². The Bertz CT molecular complexity index is 926. The molecule has 0 fully saturated rings. The van der Waals surface area contributed by atoms with Crippen LogP contribution in [0.4, 0.5) is 0 Å². The van der Waals surface area contributed by atoms with Gasteiger partial charge >= 0.3 is 29.6 Å². The normalized spacial score (nSPS) is 13.7. The molecule has 0 heterocycles. The van der Waals surface area contributed by atoms with Crippen molar-refractivity contribution < 1.29 is 69.2 Å². The Morgan fingerprint density at radius 2 is 1.25 bits per heavy atom. The predicted octanol–water partition coefficient (Wildman–Crippen LogP) is 8.28. The molecule has 0 N–H and O–H groups in total. The Kier molecular flexibility index (Phi) is 39.7. The summed E-state index contributed by atoms with van der Waals surface area (Å²) >= 11 is 0. The lowest BCUT2D eigenvalue weighted by atomic mass is 9.88. The van der Waals surface area contributed by atoms with E-state index in [9.17, 15) is 4.79 Å². The lowest BCUT2D eigenvalue weighted by Gasteiger charge is -2.41. The van der Waals surface area contributed by atoms with Gasteiger partial charge in [-0.15, -0.1) is 0 Å². The molecule has 57 heavy (non-hydrogen) atoms. The van der Waals surface area contributed by atoms with Crippen molar-refractivity contribution in [3.05, 3.63) is 25.0 Å². The molecule has 0 aliphatic heterocycles. The summed E-state index contributed by atoms with van der Waals surface area (Å²) in [5.41, 5.74) is 0. The summed E-state index contributed by atoms with van der Waals surface area (Å²) in [6.07, 6.45) is 15.8. The highest BCUT2D eigenvalue weighted by Gasteiger charge is 2.50. The van der Waals surface area contributed by atoms with Crippen LogP contribution in [0.15, 0.2) is 25.0 Å². The SMILES string of the molecule is C=CC(=O)OCCC[Si](C)(OCC)OC(OC)(OC)C(OC)OC.CC=COCCCC(CCCCCCCC)C(C)(OCC)OCC.CO[Si](OC)(OC)OC. The van der Waals surface area contributed by atoms with Gasteiger partial charge in [0.2, 0.25) is 6.29 Å². The first-order chi connectivity index (χ1) is 27.2. The summed E-state index contributed by atoms with van der Waals surface area (Å²) in [6, 6.07) is 0.555. The molecule has 17 heteroatoms. The number of methoxy groups -OCH3 is 4. The molecule has 0 saturated heterocycles. The van der Waals surface area contributed by atoms with Gasteiger partial charge in [-0.3, -0.25) is 0 Å². The first-order valence-electron chi connectivity index (χ1n) is 20.3. The minimum Gasteiger partial charge on any atom is -0.502 e. The Labute approximate surface area is 349 Å². The Hall–Kier alpha value is -1.30. The van der Waals surface area contributed by atoms with Crippen molar-refractivity contribution in [1.29, 1.82) is 0 Å². The maximum absolute atomic E-state index is 11.1. The molecular weight excluding hydrogens is 777 g/mol. The average molecular weight is 861 g/mol. The third-order valence-electron chi connectivity index (χ3n) is 8.84. The highest BCUT2D eigenvalue weighted by atomic mass is 28.4. The van der Waals surface area contributed by atoms with E-state index >= 15 is 0 Å². The van der Waals surface area contributed by atoms with E-state index in [2.05, 4.69) is 20.4 Å². The first-order valence-corrected chi connectivity index (χ1v) is 24.4. The van der Waals surface area contributed by atoms with Crippen molar-refractivity contribution in [3.63, 3.8) is 0 Å². The molecular formula is C40H84O15Si2. The fraction of sp³-hybridized carbons (Fsp3) is 0.875. The molecule has 0 amide bonds. The molecule has 0 aromatic heterocycles. The maximum Gasteiger partial charge on any atom is 0.678 e. The third kappa shape index (κ3) is 26.5. The molecule has 0 aliphatic carbocycles. The second kappa shape index (κ2) is 37.7. The van der Waals surface area contributed by atoms with Crippen LogP contribution in [0.5, 0.6) is 0 Å². The van der Waals surface area contributed by atoms with Crippen molar-refractivity contribution in [2.45, 2.75) is 136 Å². The Balaban J connectivity index is -0.000000843. The summed E-state index contributed by atoms with van der Waals surface area (Å²) < 4.78 is 75.1. The van der Waals surface area contributed by atoms with E-state index in [0.29, 0.717) is 38.2 Å². The van der Waals surface area contributed by atoms with Gasteiger partial charge in [-0.1, -0.05) is 58.1 Å². The zero-order valence-corrected chi connectivity index (χ0v) is 40.5. The predicted molar refractivity (Wildman–Crippen MR) is 226 cm³/mol. The summed E-state index contributed by atoms with van der Waals surface area (Å²) in [4.78, 5) is 11.1. The van der Waals surface area contributed by atoms with E-state index in [1.54, 1.807) is 6.26 Å². The van der Waals surface area contributed by atoms with Crippen molar-refractivity contribution in [3.8, 4) is 0 Å². The molecule has 2 unspecified atom stereocenters. The summed E-state index contributed by atoms with van der Waals surface area (Å²) in [5.74, 6) is -2.05. The number of carbonyl (C=O) groups is 1. The fourth-order valence-electron chi connectivity index (χ4n) is 5.94. The molecule has 0 aromatic carbocycles. The molecule has 0 radical (unpaired) electrons. The smallest absolute Gasteiger partial charge is 0.502 e. The molecule has 0 rings (SSSR count).